The summed E-state index contributed by atoms with van der Waals surface area (Å²) in [5.41, 5.74) is -0.0556. The average Bonchev–Trinajstić information content (AvgIpc) is 2.97. The van der Waals surface area contributed by atoms with E-state index >= 15 is 0 Å². The first-order valence-electron chi connectivity index (χ1n) is 6.54. The van der Waals surface area contributed by atoms with E-state index in [-0.39, 0.29) is 5.91 Å². The maximum absolute atomic E-state index is 11.9. The Balaban J connectivity index is 1.88. The van der Waals surface area contributed by atoms with Gasteiger partial charge in [-0.2, -0.15) is 5.10 Å². The van der Waals surface area contributed by atoms with Gasteiger partial charge in [-0.3, -0.25) is 9.48 Å². The fourth-order valence-corrected chi connectivity index (χ4v) is 2.56. The topological polar surface area (TPSA) is 84.2 Å². The predicted molar refractivity (Wildman–Crippen MR) is 68.5 cm³/mol. The van der Waals surface area contributed by atoms with Gasteiger partial charge in [0.2, 0.25) is 5.91 Å². The quantitative estimate of drug-likeness (QED) is 0.827. The number of aryl methyl sites for hydroxylation is 2. The summed E-state index contributed by atoms with van der Waals surface area (Å²) < 4.78 is 1.68. The fraction of sp³-hybridized carbons (Fsp3) is 0.615. The van der Waals surface area contributed by atoms with Gasteiger partial charge in [0, 0.05) is 19.7 Å². The van der Waals surface area contributed by atoms with E-state index < -0.39 is 11.5 Å². The van der Waals surface area contributed by atoms with Crippen LogP contribution in [0.15, 0.2) is 12.4 Å². The first-order valence-corrected chi connectivity index (χ1v) is 6.54. The van der Waals surface area contributed by atoms with Crippen LogP contribution in [0, 0.1) is 0 Å². The Bertz CT molecular complexity index is 475. The molecule has 19 heavy (non-hydrogen) atoms. The standard InChI is InChI=1S/C13H19N3O3/c1-16-9-10(8-14-16)4-5-11(17)15-13(12(18)19)6-2-3-7-13/h8-9H,2-7H2,1H3,(H,15,17)(H,18,19). The van der Waals surface area contributed by atoms with E-state index in [1.165, 1.54) is 0 Å². The molecule has 0 saturated heterocycles. The smallest absolute Gasteiger partial charge is 0.329 e. The third-order valence-corrected chi connectivity index (χ3v) is 3.64. The lowest BCUT2D eigenvalue weighted by atomic mass is 9.97. The van der Waals surface area contributed by atoms with Crippen LogP contribution < -0.4 is 5.32 Å². The minimum Gasteiger partial charge on any atom is -0.480 e. The molecule has 0 unspecified atom stereocenters. The minimum absolute atomic E-state index is 0.201. The summed E-state index contributed by atoms with van der Waals surface area (Å²) in [5, 5.41) is 16.0. The van der Waals surface area contributed by atoms with Crippen molar-refractivity contribution in [2.24, 2.45) is 7.05 Å². The second-order valence-corrected chi connectivity index (χ2v) is 5.16. The zero-order valence-corrected chi connectivity index (χ0v) is 11.1. The van der Waals surface area contributed by atoms with Crippen molar-refractivity contribution < 1.29 is 14.7 Å². The lowest BCUT2D eigenvalue weighted by molar-refractivity contribution is -0.147. The largest absolute Gasteiger partial charge is 0.480 e. The van der Waals surface area contributed by atoms with E-state index in [4.69, 9.17) is 0 Å². The molecule has 0 spiro atoms. The zero-order chi connectivity index (χ0) is 13.9. The van der Waals surface area contributed by atoms with Gasteiger partial charge in [0.1, 0.15) is 5.54 Å². The highest BCUT2D eigenvalue weighted by Crippen LogP contribution is 2.30. The van der Waals surface area contributed by atoms with Crippen LogP contribution in [0.2, 0.25) is 0 Å². The highest BCUT2D eigenvalue weighted by Gasteiger charge is 2.42. The van der Waals surface area contributed by atoms with Crippen LogP contribution in [0.1, 0.15) is 37.7 Å². The second kappa shape index (κ2) is 5.42. The van der Waals surface area contributed by atoms with Crippen molar-refractivity contribution in [3.63, 3.8) is 0 Å². The van der Waals surface area contributed by atoms with Crippen LogP contribution in [-0.4, -0.2) is 32.3 Å². The zero-order valence-electron chi connectivity index (χ0n) is 11.1. The van der Waals surface area contributed by atoms with E-state index in [9.17, 15) is 14.7 Å². The molecular weight excluding hydrogens is 246 g/mol. The number of carboxylic acids is 1. The molecule has 1 saturated carbocycles. The Morgan fingerprint density at radius 3 is 2.68 bits per heavy atom. The number of nitrogens with one attached hydrogen (secondary N) is 1. The van der Waals surface area contributed by atoms with Crippen molar-refractivity contribution in [1.29, 1.82) is 0 Å². The Morgan fingerprint density at radius 2 is 2.16 bits per heavy atom. The Morgan fingerprint density at radius 1 is 1.47 bits per heavy atom. The van der Waals surface area contributed by atoms with Gasteiger partial charge >= 0.3 is 5.97 Å². The molecular formula is C13H19N3O3. The van der Waals surface area contributed by atoms with Crippen LogP contribution in [0.5, 0.6) is 0 Å². The van der Waals surface area contributed by atoms with Crippen molar-refractivity contribution in [2.45, 2.75) is 44.1 Å². The summed E-state index contributed by atoms with van der Waals surface area (Å²) in [7, 11) is 1.82. The lowest BCUT2D eigenvalue weighted by Crippen LogP contribution is -2.52. The normalized spacial score (nSPS) is 17.3. The van der Waals surface area contributed by atoms with Crippen molar-refractivity contribution in [1.82, 2.24) is 15.1 Å². The van der Waals surface area contributed by atoms with Gasteiger partial charge in [0.25, 0.3) is 0 Å². The molecule has 1 fully saturated rings. The molecule has 1 aliphatic rings. The third-order valence-electron chi connectivity index (χ3n) is 3.64. The maximum Gasteiger partial charge on any atom is 0.329 e. The first kappa shape index (κ1) is 13.6. The SMILES string of the molecule is Cn1cc(CCC(=O)NC2(C(=O)O)CCCC2)cn1. The summed E-state index contributed by atoms with van der Waals surface area (Å²) in [5.74, 6) is -1.12. The van der Waals surface area contributed by atoms with E-state index in [2.05, 4.69) is 10.4 Å². The number of nitrogens with zero attached hydrogens (tertiary/aromatic N) is 2. The van der Waals surface area contributed by atoms with Gasteiger partial charge < -0.3 is 10.4 Å². The molecule has 6 nitrogen and oxygen atoms in total. The molecule has 1 amide bonds. The molecule has 0 atom stereocenters. The van der Waals surface area contributed by atoms with Gasteiger partial charge in [-0.15, -0.1) is 0 Å². The summed E-state index contributed by atoms with van der Waals surface area (Å²) in [4.78, 5) is 23.2. The van der Waals surface area contributed by atoms with Crippen LogP contribution in [0.3, 0.4) is 0 Å². The van der Waals surface area contributed by atoms with Gasteiger partial charge in [-0.05, 0) is 24.8 Å². The monoisotopic (exact) mass is 265 g/mol. The van der Waals surface area contributed by atoms with Crippen molar-refractivity contribution >= 4 is 11.9 Å². The number of hydrogen-bond acceptors (Lipinski definition) is 3. The molecule has 1 aromatic rings. The first-order chi connectivity index (χ1) is 9.02. The number of aliphatic carboxylic acids is 1. The molecule has 6 heteroatoms. The summed E-state index contributed by atoms with van der Waals surface area (Å²) >= 11 is 0. The van der Waals surface area contributed by atoms with E-state index in [1.807, 2.05) is 13.2 Å². The van der Waals surface area contributed by atoms with Crippen molar-refractivity contribution in [3.05, 3.63) is 18.0 Å². The number of rotatable bonds is 5. The third kappa shape index (κ3) is 3.13. The highest BCUT2D eigenvalue weighted by atomic mass is 16.4. The Labute approximate surface area is 111 Å². The molecule has 1 heterocycles. The molecule has 0 aliphatic heterocycles. The molecule has 1 aromatic heterocycles. The van der Waals surface area contributed by atoms with Gasteiger partial charge in [-0.25, -0.2) is 4.79 Å². The van der Waals surface area contributed by atoms with Crippen LogP contribution in [0.25, 0.3) is 0 Å². The molecule has 0 aromatic carbocycles. The number of aromatic nitrogens is 2. The van der Waals surface area contributed by atoms with E-state index in [1.54, 1.807) is 10.9 Å². The summed E-state index contributed by atoms with van der Waals surface area (Å²) in [6.07, 6.45) is 7.22. The van der Waals surface area contributed by atoms with Crippen LogP contribution >= 0.6 is 0 Å². The highest BCUT2D eigenvalue weighted by molar-refractivity contribution is 5.87. The molecule has 104 valence electrons. The van der Waals surface area contributed by atoms with Crippen LogP contribution in [0.4, 0.5) is 0 Å². The van der Waals surface area contributed by atoms with Crippen LogP contribution in [-0.2, 0) is 23.1 Å². The lowest BCUT2D eigenvalue weighted by Gasteiger charge is -2.25. The Hall–Kier alpha value is -1.85. The summed E-state index contributed by atoms with van der Waals surface area (Å²) in [6.45, 7) is 0. The van der Waals surface area contributed by atoms with Gasteiger partial charge in [0.05, 0.1) is 6.20 Å². The second-order valence-electron chi connectivity index (χ2n) is 5.16. The van der Waals surface area contributed by atoms with Gasteiger partial charge in [0.15, 0.2) is 0 Å². The summed E-state index contributed by atoms with van der Waals surface area (Å²) in [6, 6.07) is 0. The fourth-order valence-electron chi connectivity index (χ4n) is 2.56. The van der Waals surface area contributed by atoms with Gasteiger partial charge in [-0.1, -0.05) is 12.8 Å². The molecule has 2 N–H and O–H groups in total. The molecule has 0 radical (unpaired) electrons. The van der Waals surface area contributed by atoms with Crippen molar-refractivity contribution in [2.75, 3.05) is 0 Å². The number of carbonyl (C=O) groups is 2. The van der Waals surface area contributed by atoms with Crippen molar-refractivity contribution in [3.8, 4) is 0 Å². The Kier molecular flexibility index (Phi) is 3.87. The number of carbonyl (C=O) groups excluding carboxylic acids is 1. The average molecular weight is 265 g/mol. The minimum atomic E-state index is -1.04. The molecule has 0 bridgehead atoms. The number of carboxylic acid groups (broad SMARTS) is 1. The van der Waals surface area contributed by atoms with E-state index in [0.29, 0.717) is 25.7 Å². The number of hydrogen-bond donors (Lipinski definition) is 2. The van der Waals surface area contributed by atoms with E-state index in [0.717, 1.165) is 18.4 Å². The maximum atomic E-state index is 11.9. The molecule has 2 rings (SSSR count). The molecule has 1 aliphatic carbocycles. The predicted octanol–water partition coefficient (Wildman–Crippen LogP) is 0.866. The number of amides is 1.